The SMILES string of the molecule is COc1cc(N)cc(-n2cc(Cl)c(C)n2)c1. The number of methoxy groups -OCH3 is 1. The molecule has 1 aromatic heterocycles. The Balaban J connectivity index is 2.50. The summed E-state index contributed by atoms with van der Waals surface area (Å²) < 4.78 is 6.82. The number of anilines is 1. The molecular formula is C11H12ClN3O. The first-order chi connectivity index (χ1) is 7.60. The molecule has 1 heterocycles. The lowest BCUT2D eigenvalue weighted by atomic mass is 10.2. The van der Waals surface area contributed by atoms with Crippen molar-refractivity contribution in [2.24, 2.45) is 0 Å². The van der Waals surface area contributed by atoms with Crippen molar-refractivity contribution >= 4 is 17.3 Å². The highest BCUT2D eigenvalue weighted by Gasteiger charge is 2.06. The molecule has 2 aromatic rings. The van der Waals surface area contributed by atoms with Crippen LogP contribution in [0.25, 0.3) is 5.69 Å². The van der Waals surface area contributed by atoms with Crippen molar-refractivity contribution in [1.29, 1.82) is 0 Å². The molecule has 2 rings (SSSR count). The predicted molar refractivity (Wildman–Crippen MR) is 64.3 cm³/mol. The Morgan fingerprint density at radius 2 is 2.12 bits per heavy atom. The summed E-state index contributed by atoms with van der Waals surface area (Å²) in [5.74, 6) is 0.694. The number of ether oxygens (including phenoxy) is 1. The minimum atomic E-state index is 0.624. The van der Waals surface area contributed by atoms with E-state index in [0.717, 1.165) is 11.4 Å². The van der Waals surface area contributed by atoms with Crippen molar-refractivity contribution in [3.05, 3.63) is 35.1 Å². The lowest BCUT2D eigenvalue weighted by molar-refractivity contribution is 0.414. The van der Waals surface area contributed by atoms with Crippen LogP contribution in [-0.2, 0) is 0 Å². The number of aromatic nitrogens is 2. The number of hydrogen-bond donors (Lipinski definition) is 1. The first-order valence-corrected chi connectivity index (χ1v) is 5.14. The Labute approximate surface area is 98.6 Å². The molecule has 0 aliphatic rings. The van der Waals surface area contributed by atoms with Crippen molar-refractivity contribution in [2.45, 2.75) is 6.92 Å². The monoisotopic (exact) mass is 237 g/mol. The van der Waals surface area contributed by atoms with Gasteiger partial charge in [0.1, 0.15) is 5.75 Å². The molecule has 5 heteroatoms. The fourth-order valence-corrected chi connectivity index (χ4v) is 1.56. The topological polar surface area (TPSA) is 53.1 Å². The molecule has 0 aliphatic carbocycles. The van der Waals surface area contributed by atoms with Crippen LogP contribution in [0, 0.1) is 6.92 Å². The van der Waals surface area contributed by atoms with Crippen molar-refractivity contribution in [2.75, 3.05) is 12.8 Å². The third-order valence-corrected chi connectivity index (χ3v) is 2.62. The Bertz CT molecular complexity index is 502. The smallest absolute Gasteiger partial charge is 0.123 e. The number of benzene rings is 1. The average molecular weight is 238 g/mol. The molecule has 0 amide bonds. The van der Waals surface area contributed by atoms with Gasteiger partial charge in [-0.3, -0.25) is 0 Å². The van der Waals surface area contributed by atoms with Gasteiger partial charge in [0.2, 0.25) is 0 Å². The number of rotatable bonds is 2. The Hall–Kier alpha value is -1.68. The van der Waals surface area contributed by atoms with E-state index in [4.69, 9.17) is 22.1 Å². The van der Waals surface area contributed by atoms with E-state index in [0.29, 0.717) is 16.5 Å². The number of nitrogens with two attached hydrogens (primary N) is 1. The minimum Gasteiger partial charge on any atom is -0.497 e. The third-order valence-electron chi connectivity index (χ3n) is 2.25. The second-order valence-corrected chi connectivity index (χ2v) is 3.88. The van der Waals surface area contributed by atoms with Gasteiger partial charge in [0, 0.05) is 24.0 Å². The van der Waals surface area contributed by atoms with Crippen LogP contribution in [0.3, 0.4) is 0 Å². The van der Waals surface area contributed by atoms with Crippen molar-refractivity contribution < 1.29 is 4.74 Å². The second-order valence-electron chi connectivity index (χ2n) is 3.47. The summed E-state index contributed by atoms with van der Waals surface area (Å²) in [6.45, 7) is 1.85. The molecule has 0 radical (unpaired) electrons. The van der Waals surface area contributed by atoms with Gasteiger partial charge < -0.3 is 10.5 Å². The second kappa shape index (κ2) is 4.06. The summed E-state index contributed by atoms with van der Waals surface area (Å²) in [5.41, 5.74) is 7.99. The van der Waals surface area contributed by atoms with E-state index >= 15 is 0 Å². The highest BCUT2D eigenvalue weighted by molar-refractivity contribution is 6.31. The molecule has 84 valence electrons. The predicted octanol–water partition coefficient (Wildman–Crippen LogP) is 2.42. The Morgan fingerprint density at radius 3 is 2.69 bits per heavy atom. The van der Waals surface area contributed by atoms with Crippen molar-refractivity contribution in [3.8, 4) is 11.4 Å². The summed E-state index contributed by atoms with van der Waals surface area (Å²) in [5, 5.41) is 4.90. The lowest BCUT2D eigenvalue weighted by Gasteiger charge is -2.06. The van der Waals surface area contributed by atoms with Gasteiger partial charge in [-0.25, -0.2) is 4.68 Å². The molecule has 1 aromatic carbocycles. The molecule has 0 aliphatic heterocycles. The van der Waals surface area contributed by atoms with Crippen LogP contribution >= 0.6 is 11.6 Å². The fraction of sp³-hybridized carbons (Fsp3) is 0.182. The quantitative estimate of drug-likeness (QED) is 0.817. The number of nitrogen functional groups attached to an aromatic ring is 1. The van der Waals surface area contributed by atoms with Gasteiger partial charge >= 0.3 is 0 Å². The molecule has 0 fully saturated rings. The largest absolute Gasteiger partial charge is 0.497 e. The molecule has 0 saturated carbocycles. The van der Waals surface area contributed by atoms with Crippen molar-refractivity contribution in [3.63, 3.8) is 0 Å². The zero-order valence-corrected chi connectivity index (χ0v) is 9.82. The van der Waals surface area contributed by atoms with Gasteiger partial charge in [-0.1, -0.05) is 11.6 Å². The van der Waals surface area contributed by atoms with E-state index in [-0.39, 0.29) is 0 Å². The van der Waals surface area contributed by atoms with Gasteiger partial charge in [-0.05, 0) is 13.0 Å². The van der Waals surface area contributed by atoms with Crippen LogP contribution in [0.4, 0.5) is 5.69 Å². The highest BCUT2D eigenvalue weighted by atomic mass is 35.5. The van der Waals surface area contributed by atoms with E-state index in [1.807, 2.05) is 19.1 Å². The van der Waals surface area contributed by atoms with Crippen LogP contribution in [0.5, 0.6) is 5.75 Å². The van der Waals surface area contributed by atoms with E-state index < -0.39 is 0 Å². The van der Waals surface area contributed by atoms with Gasteiger partial charge in [0.25, 0.3) is 0 Å². The fourth-order valence-electron chi connectivity index (χ4n) is 1.43. The van der Waals surface area contributed by atoms with Crippen LogP contribution in [0.1, 0.15) is 5.69 Å². The standard InChI is InChI=1S/C11H12ClN3O/c1-7-11(12)6-15(14-7)9-3-8(13)4-10(5-9)16-2/h3-6H,13H2,1-2H3. The van der Waals surface area contributed by atoms with Crippen LogP contribution < -0.4 is 10.5 Å². The maximum absolute atomic E-state index is 5.95. The summed E-state index contributed by atoms with van der Waals surface area (Å²) >= 11 is 5.95. The van der Waals surface area contributed by atoms with Gasteiger partial charge in [0.15, 0.2) is 0 Å². The van der Waals surface area contributed by atoms with E-state index in [1.165, 1.54) is 0 Å². The third kappa shape index (κ3) is 1.97. The van der Waals surface area contributed by atoms with Gasteiger partial charge in [-0.2, -0.15) is 5.10 Å². The molecule has 0 saturated heterocycles. The first-order valence-electron chi connectivity index (χ1n) is 4.77. The normalized spacial score (nSPS) is 10.4. The zero-order valence-electron chi connectivity index (χ0n) is 9.07. The maximum atomic E-state index is 5.95. The lowest BCUT2D eigenvalue weighted by Crippen LogP contribution is -1.98. The number of hydrogen-bond acceptors (Lipinski definition) is 3. The molecule has 0 bridgehead atoms. The van der Waals surface area contributed by atoms with E-state index in [1.54, 1.807) is 24.1 Å². The molecule has 0 atom stereocenters. The molecule has 4 nitrogen and oxygen atoms in total. The number of halogens is 1. The number of nitrogens with zero attached hydrogens (tertiary/aromatic N) is 2. The molecule has 16 heavy (non-hydrogen) atoms. The van der Waals surface area contributed by atoms with E-state index in [2.05, 4.69) is 5.10 Å². The highest BCUT2D eigenvalue weighted by Crippen LogP contribution is 2.23. The zero-order chi connectivity index (χ0) is 11.7. The minimum absolute atomic E-state index is 0.624. The summed E-state index contributed by atoms with van der Waals surface area (Å²) in [4.78, 5) is 0. The van der Waals surface area contributed by atoms with Crippen LogP contribution in [0.15, 0.2) is 24.4 Å². The molecule has 0 unspecified atom stereocenters. The van der Waals surface area contributed by atoms with Crippen LogP contribution in [-0.4, -0.2) is 16.9 Å². The van der Waals surface area contributed by atoms with Gasteiger partial charge in [-0.15, -0.1) is 0 Å². The maximum Gasteiger partial charge on any atom is 0.123 e. The van der Waals surface area contributed by atoms with Crippen molar-refractivity contribution in [1.82, 2.24) is 9.78 Å². The summed E-state index contributed by atoms with van der Waals surface area (Å²) in [6, 6.07) is 5.41. The molecular weight excluding hydrogens is 226 g/mol. The van der Waals surface area contributed by atoms with Crippen LogP contribution in [0.2, 0.25) is 5.02 Å². The Kier molecular flexibility index (Phi) is 2.75. The number of aryl methyl sites for hydroxylation is 1. The summed E-state index contributed by atoms with van der Waals surface area (Å²) in [6.07, 6.45) is 1.74. The Morgan fingerprint density at radius 1 is 1.38 bits per heavy atom. The van der Waals surface area contributed by atoms with Gasteiger partial charge in [0.05, 0.1) is 23.5 Å². The van der Waals surface area contributed by atoms with E-state index in [9.17, 15) is 0 Å². The molecule has 2 N–H and O–H groups in total. The summed E-state index contributed by atoms with van der Waals surface area (Å²) in [7, 11) is 1.60. The first kappa shape index (κ1) is 10.8. The molecule has 0 spiro atoms. The average Bonchev–Trinajstić information content (AvgIpc) is 2.58.